The predicted molar refractivity (Wildman–Crippen MR) is 159 cm³/mol. The quantitative estimate of drug-likeness (QED) is 0.389. The Morgan fingerprint density at radius 2 is 2.00 bits per heavy atom. The molecule has 4 N–H and O–H groups in total. The molecular formula is C31H40N6O3S. The number of rotatable bonds is 6. The fourth-order valence-electron chi connectivity index (χ4n) is 7.54. The summed E-state index contributed by atoms with van der Waals surface area (Å²) in [5.74, 6) is 1.17. The number of aryl methyl sites for hydroxylation is 1. The number of likely N-dealkylation sites (tertiary alicyclic amines) is 1. The van der Waals surface area contributed by atoms with Gasteiger partial charge in [-0.15, -0.1) is 11.3 Å². The lowest BCUT2D eigenvalue weighted by Gasteiger charge is -2.41. The summed E-state index contributed by atoms with van der Waals surface area (Å²) in [6.07, 6.45) is 8.51. The van der Waals surface area contributed by atoms with Gasteiger partial charge in [-0.2, -0.15) is 10.2 Å². The van der Waals surface area contributed by atoms with Crippen LogP contribution in [0.5, 0.6) is 5.88 Å². The molecule has 2 aliphatic heterocycles. The second-order valence-electron chi connectivity index (χ2n) is 12.1. The van der Waals surface area contributed by atoms with Crippen LogP contribution >= 0.6 is 11.3 Å². The van der Waals surface area contributed by atoms with E-state index in [4.69, 9.17) is 25.2 Å². The number of allylic oxidation sites excluding steroid dienone is 2. The maximum atomic E-state index is 11.9. The van der Waals surface area contributed by atoms with Crippen molar-refractivity contribution in [3.8, 4) is 11.9 Å². The van der Waals surface area contributed by atoms with Crippen molar-refractivity contribution in [3.05, 3.63) is 44.9 Å². The number of nitrogens with zero attached hydrogens (tertiary/aromatic N) is 4. The van der Waals surface area contributed by atoms with Gasteiger partial charge in [0.05, 0.1) is 16.7 Å². The Morgan fingerprint density at radius 3 is 2.71 bits per heavy atom. The van der Waals surface area contributed by atoms with Crippen molar-refractivity contribution in [3.63, 3.8) is 0 Å². The molecule has 10 heteroatoms. The molecule has 2 aromatic rings. The zero-order valence-electron chi connectivity index (χ0n) is 24.0. The van der Waals surface area contributed by atoms with Crippen LogP contribution in [0, 0.1) is 16.7 Å². The molecule has 2 fully saturated rings. The third kappa shape index (κ3) is 5.02. The normalized spacial score (nSPS) is 26.1. The first kappa shape index (κ1) is 28.1. The molecular weight excluding hydrogens is 536 g/mol. The smallest absolute Gasteiger partial charge is 0.217 e. The van der Waals surface area contributed by atoms with Crippen molar-refractivity contribution >= 4 is 22.0 Å². The molecule has 0 bridgehead atoms. The van der Waals surface area contributed by atoms with E-state index in [1.54, 1.807) is 0 Å². The number of anilines is 1. The molecule has 3 atom stereocenters. The summed E-state index contributed by atoms with van der Waals surface area (Å²) in [4.78, 5) is 13.1. The van der Waals surface area contributed by atoms with Gasteiger partial charge in [0, 0.05) is 41.7 Å². The highest BCUT2D eigenvalue weighted by Crippen LogP contribution is 2.54. The average molecular weight is 577 g/mol. The zero-order valence-corrected chi connectivity index (χ0v) is 24.9. The largest absolute Gasteiger partial charge is 0.511 e. The van der Waals surface area contributed by atoms with Gasteiger partial charge >= 0.3 is 0 Å². The van der Waals surface area contributed by atoms with Crippen molar-refractivity contribution in [2.75, 3.05) is 32.5 Å². The van der Waals surface area contributed by atoms with Crippen LogP contribution in [-0.2, 0) is 16.6 Å². The number of nitrogens with two attached hydrogens (primary N) is 1. The maximum Gasteiger partial charge on any atom is 0.217 e. The minimum absolute atomic E-state index is 0.0540. The summed E-state index contributed by atoms with van der Waals surface area (Å²) in [5.41, 5.74) is 8.52. The second kappa shape index (κ2) is 11.3. The lowest BCUT2D eigenvalue weighted by Crippen LogP contribution is -2.38. The monoisotopic (exact) mass is 576 g/mol. The van der Waals surface area contributed by atoms with Gasteiger partial charge < -0.3 is 20.3 Å². The van der Waals surface area contributed by atoms with Crippen LogP contribution in [0.4, 0.5) is 5.00 Å². The number of fused-ring (bicyclic) bond motifs is 2. The van der Waals surface area contributed by atoms with Gasteiger partial charge in [0.1, 0.15) is 28.6 Å². The molecule has 0 amide bonds. The summed E-state index contributed by atoms with van der Waals surface area (Å²) in [5, 5.41) is 31.7. The molecule has 4 heterocycles. The number of hydrogen-bond acceptors (Lipinski definition) is 10. The molecule has 0 aromatic carbocycles. The van der Waals surface area contributed by atoms with Crippen LogP contribution in [0.2, 0.25) is 0 Å². The molecule has 9 nitrogen and oxygen atoms in total. The second-order valence-corrected chi connectivity index (χ2v) is 13.2. The van der Waals surface area contributed by atoms with E-state index in [2.05, 4.69) is 24.9 Å². The number of hydrogen-bond donors (Lipinski definition) is 3. The van der Waals surface area contributed by atoms with E-state index in [1.807, 2.05) is 6.07 Å². The molecule has 218 valence electrons. The topological polar surface area (TPSA) is 141 Å². The first-order valence-corrected chi connectivity index (χ1v) is 15.8. The molecule has 2 aromatic heterocycles. The number of likely N-dealkylation sites (N-methyl/N-ethyl adjacent to an activating group) is 1. The fraction of sp³-hybridized carbons (Fsp3) is 0.613. The first-order valence-electron chi connectivity index (χ1n) is 15.0. The highest BCUT2D eigenvalue weighted by molar-refractivity contribution is 7.16. The number of aromatic nitrogens is 2. The van der Waals surface area contributed by atoms with E-state index in [0.29, 0.717) is 47.7 Å². The number of ether oxygens (including phenoxy) is 2. The number of nitriles is 1. The molecule has 0 unspecified atom stereocenters. The van der Waals surface area contributed by atoms with Gasteiger partial charge in [-0.25, -0.2) is 4.98 Å². The van der Waals surface area contributed by atoms with Gasteiger partial charge in [-0.05, 0) is 90.3 Å². The number of thiophene rings is 1. The van der Waals surface area contributed by atoms with Crippen LogP contribution in [0.25, 0.3) is 0 Å². The SMILES string of the molecule is C[C@H](Oc1cc(C2CCOCC2)nc(C(=N)C2=C(O)[C@@]3(CCC2)CCCc2sc(N)c(C#N)c23)n1)[C@@H]1CCCN1C. The third-order valence-corrected chi connectivity index (χ3v) is 10.8. The van der Waals surface area contributed by atoms with Crippen LogP contribution in [-0.4, -0.2) is 64.6 Å². The standard InChI is InChI=1S/C31H40N6O3S/c1-18(23-7-5-13-37(23)2)40-25-16-22(19-9-14-39-15-10-19)35-30(36-25)27(33)20-6-3-11-31(28(20)38)12-4-8-24-26(31)21(17-32)29(34)41-24/h16,18-19,23,33,38H,3-15,34H2,1-2H3/t18-,23-,31-/m0/s1. The van der Waals surface area contributed by atoms with Gasteiger partial charge in [0.15, 0.2) is 5.82 Å². The van der Waals surface area contributed by atoms with Crippen molar-refractivity contribution in [1.29, 1.82) is 10.7 Å². The summed E-state index contributed by atoms with van der Waals surface area (Å²) in [7, 11) is 2.13. The first-order chi connectivity index (χ1) is 19.8. The van der Waals surface area contributed by atoms with E-state index >= 15 is 0 Å². The molecule has 4 aliphatic rings. The molecule has 1 spiro atoms. The van der Waals surface area contributed by atoms with Gasteiger partial charge in [0.25, 0.3) is 0 Å². The van der Waals surface area contributed by atoms with Crippen LogP contribution in [0.1, 0.15) is 98.2 Å². The molecule has 6 rings (SSSR count). The van der Waals surface area contributed by atoms with Crippen molar-refractivity contribution in [1.82, 2.24) is 14.9 Å². The Bertz CT molecular complexity index is 1410. The Balaban J connectivity index is 1.39. The van der Waals surface area contributed by atoms with Gasteiger partial charge in [-0.3, -0.25) is 10.3 Å². The number of aliphatic hydroxyl groups is 1. The van der Waals surface area contributed by atoms with Gasteiger partial charge in [-0.1, -0.05) is 0 Å². The van der Waals surface area contributed by atoms with E-state index in [0.717, 1.165) is 80.5 Å². The highest BCUT2D eigenvalue weighted by atomic mass is 32.1. The molecule has 0 radical (unpaired) electrons. The maximum absolute atomic E-state index is 11.9. The molecule has 0 saturated carbocycles. The van der Waals surface area contributed by atoms with Crippen LogP contribution < -0.4 is 10.5 Å². The number of aliphatic hydroxyl groups excluding tert-OH is 1. The number of nitrogen functional groups attached to an aromatic ring is 1. The van der Waals surface area contributed by atoms with E-state index in [1.165, 1.54) is 11.3 Å². The van der Waals surface area contributed by atoms with E-state index in [9.17, 15) is 15.8 Å². The van der Waals surface area contributed by atoms with E-state index < -0.39 is 5.41 Å². The Kier molecular flexibility index (Phi) is 7.79. The van der Waals surface area contributed by atoms with E-state index in [-0.39, 0.29) is 29.3 Å². The lowest BCUT2D eigenvalue weighted by molar-refractivity contribution is 0.0840. The molecule has 41 heavy (non-hydrogen) atoms. The van der Waals surface area contributed by atoms with Crippen molar-refractivity contribution in [2.24, 2.45) is 0 Å². The molecule has 2 saturated heterocycles. The average Bonchev–Trinajstić information content (AvgIpc) is 3.57. The summed E-state index contributed by atoms with van der Waals surface area (Å²) in [6, 6.07) is 4.57. The highest BCUT2D eigenvalue weighted by Gasteiger charge is 2.47. The molecule has 2 aliphatic carbocycles. The van der Waals surface area contributed by atoms with Gasteiger partial charge in [0.2, 0.25) is 5.88 Å². The lowest BCUT2D eigenvalue weighted by atomic mass is 9.63. The Labute approximate surface area is 245 Å². The minimum atomic E-state index is -0.689. The summed E-state index contributed by atoms with van der Waals surface area (Å²) in [6.45, 7) is 4.52. The van der Waals surface area contributed by atoms with Crippen LogP contribution in [0.15, 0.2) is 17.4 Å². The Hall–Kier alpha value is -3.00. The van der Waals surface area contributed by atoms with Crippen molar-refractivity contribution < 1.29 is 14.6 Å². The van der Waals surface area contributed by atoms with Crippen LogP contribution in [0.3, 0.4) is 0 Å². The third-order valence-electron chi connectivity index (χ3n) is 9.69. The fourth-order valence-corrected chi connectivity index (χ4v) is 8.70. The summed E-state index contributed by atoms with van der Waals surface area (Å²) >= 11 is 1.47. The minimum Gasteiger partial charge on any atom is -0.511 e. The number of nitrogens with one attached hydrogen (secondary N) is 1. The van der Waals surface area contributed by atoms with Crippen molar-refractivity contribution in [2.45, 2.75) is 94.6 Å². The zero-order chi connectivity index (χ0) is 28.7. The predicted octanol–water partition coefficient (Wildman–Crippen LogP) is 5.39. The Morgan fingerprint density at radius 1 is 1.24 bits per heavy atom. The summed E-state index contributed by atoms with van der Waals surface area (Å²) < 4.78 is 12.0.